The molecule has 3 heteroatoms. The highest BCUT2D eigenvalue weighted by atomic mass is 16.5. The summed E-state index contributed by atoms with van der Waals surface area (Å²) in [6.07, 6.45) is 7.28. The molecule has 0 heterocycles. The summed E-state index contributed by atoms with van der Waals surface area (Å²) in [7, 11) is 1.40. The molecule has 0 radical (unpaired) electrons. The van der Waals surface area contributed by atoms with E-state index < -0.39 is 5.54 Å². The van der Waals surface area contributed by atoms with Gasteiger partial charge in [-0.05, 0) is 25.7 Å². The Morgan fingerprint density at radius 1 is 1.77 bits per heavy atom. The Hall–Kier alpha value is -1.01. The predicted molar refractivity (Wildman–Crippen MR) is 50.0 cm³/mol. The Kier molecular flexibility index (Phi) is 2.94. The van der Waals surface area contributed by atoms with Crippen LogP contribution in [0.5, 0.6) is 0 Å². The molecule has 0 aliphatic heterocycles. The van der Waals surface area contributed by atoms with Crippen molar-refractivity contribution in [1.29, 1.82) is 0 Å². The molecule has 1 aliphatic carbocycles. The first-order valence-electron chi connectivity index (χ1n) is 4.42. The first kappa shape index (κ1) is 10.1. The molecular formula is C10H15NO2. The van der Waals surface area contributed by atoms with Crippen molar-refractivity contribution in [2.24, 2.45) is 5.92 Å². The van der Waals surface area contributed by atoms with Crippen molar-refractivity contribution in [2.75, 3.05) is 13.7 Å². The maximum atomic E-state index is 11.5. The zero-order valence-corrected chi connectivity index (χ0v) is 8.09. The van der Waals surface area contributed by atoms with Crippen LogP contribution >= 0.6 is 0 Å². The van der Waals surface area contributed by atoms with Crippen LogP contribution in [0.3, 0.4) is 0 Å². The molecule has 0 aromatic carbocycles. The van der Waals surface area contributed by atoms with E-state index in [9.17, 15) is 4.79 Å². The molecule has 1 unspecified atom stereocenters. The van der Waals surface area contributed by atoms with Crippen molar-refractivity contribution in [3.8, 4) is 12.3 Å². The van der Waals surface area contributed by atoms with Gasteiger partial charge >= 0.3 is 5.97 Å². The van der Waals surface area contributed by atoms with Crippen LogP contribution in [0.25, 0.3) is 0 Å². The van der Waals surface area contributed by atoms with Gasteiger partial charge in [0.1, 0.15) is 5.54 Å². The van der Waals surface area contributed by atoms with Crippen molar-refractivity contribution in [3.05, 3.63) is 0 Å². The minimum absolute atomic E-state index is 0.217. The van der Waals surface area contributed by atoms with E-state index in [2.05, 4.69) is 11.2 Å². The number of ether oxygens (including phenoxy) is 1. The SMILES string of the molecule is C#CCNC(C)(C(=O)OC)C1CC1. The molecule has 0 saturated heterocycles. The van der Waals surface area contributed by atoms with Crippen molar-refractivity contribution >= 4 is 5.97 Å². The van der Waals surface area contributed by atoms with Crippen LogP contribution in [-0.2, 0) is 9.53 Å². The average Bonchev–Trinajstić information content (AvgIpc) is 2.96. The first-order valence-corrected chi connectivity index (χ1v) is 4.42. The Morgan fingerprint density at radius 3 is 2.77 bits per heavy atom. The average molecular weight is 181 g/mol. The summed E-state index contributed by atoms with van der Waals surface area (Å²) < 4.78 is 4.74. The number of hydrogen-bond donors (Lipinski definition) is 1. The summed E-state index contributed by atoms with van der Waals surface area (Å²) >= 11 is 0. The minimum Gasteiger partial charge on any atom is -0.468 e. The molecule has 0 amide bonds. The van der Waals surface area contributed by atoms with E-state index in [0.29, 0.717) is 12.5 Å². The number of rotatable bonds is 4. The smallest absolute Gasteiger partial charge is 0.326 e. The lowest BCUT2D eigenvalue weighted by Gasteiger charge is -2.26. The largest absolute Gasteiger partial charge is 0.468 e. The molecule has 0 bridgehead atoms. The van der Waals surface area contributed by atoms with E-state index in [0.717, 1.165) is 12.8 Å². The zero-order valence-electron chi connectivity index (χ0n) is 8.09. The van der Waals surface area contributed by atoms with Crippen LogP contribution < -0.4 is 5.32 Å². The highest BCUT2D eigenvalue weighted by Crippen LogP contribution is 2.40. The molecule has 0 aromatic heterocycles. The van der Waals surface area contributed by atoms with E-state index in [4.69, 9.17) is 11.2 Å². The van der Waals surface area contributed by atoms with E-state index in [1.807, 2.05) is 6.92 Å². The van der Waals surface area contributed by atoms with Crippen LogP contribution in [0.15, 0.2) is 0 Å². The number of carbonyl (C=O) groups excluding carboxylic acids is 1. The Morgan fingerprint density at radius 2 is 2.38 bits per heavy atom. The van der Waals surface area contributed by atoms with Gasteiger partial charge in [0.25, 0.3) is 0 Å². The van der Waals surface area contributed by atoms with Crippen LogP contribution in [0, 0.1) is 18.3 Å². The molecule has 1 fully saturated rings. The number of esters is 1. The summed E-state index contributed by atoms with van der Waals surface area (Å²) in [5.41, 5.74) is -0.582. The Balaban J connectivity index is 2.63. The number of terminal acetylenes is 1. The monoisotopic (exact) mass is 181 g/mol. The summed E-state index contributed by atoms with van der Waals surface area (Å²) in [5, 5.41) is 3.05. The maximum Gasteiger partial charge on any atom is 0.326 e. The number of carbonyl (C=O) groups is 1. The van der Waals surface area contributed by atoms with Crippen molar-refractivity contribution in [3.63, 3.8) is 0 Å². The zero-order chi connectivity index (χ0) is 9.90. The number of nitrogens with one attached hydrogen (secondary N) is 1. The normalized spacial score (nSPS) is 20.1. The van der Waals surface area contributed by atoms with Crippen LogP contribution in [0.1, 0.15) is 19.8 Å². The van der Waals surface area contributed by atoms with Gasteiger partial charge in [-0.25, -0.2) is 0 Å². The van der Waals surface area contributed by atoms with Crippen LogP contribution in [0.4, 0.5) is 0 Å². The second-order valence-corrected chi connectivity index (χ2v) is 3.53. The highest BCUT2D eigenvalue weighted by molar-refractivity contribution is 5.81. The Labute approximate surface area is 78.8 Å². The van der Waals surface area contributed by atoms with Gasteiger partial charge in [-0.1, -0.05) is 5.92 Å². The van der Waals surface area contributed by atoms with Gasteiger partial charge in [0.05, 0.1) is 13.7 Å². The van der Waals surface area contributed by atoms with E-state index in [-0.39, 0.29) is 5.97 Å². The summed E-state index contributed by atoms with van der Waals surface area (Å²) in [6.45, 7) is 2.26. The van der Waals surface area contributed by atoms with Gasteiger partial charge in [0.15, 0.2) is 0 Å². The fraction of sp³-hybridized carbons (Fsp3) is 0.700. The third-order valence-corrected chi connectivity index (χ3v) is 2.56. The second-order valence-electron chi connectivity index (χ2n) is 3.53. The maximum absolute atomic E-state index is 11.5. The fourth-order valence-electron chi connectivity index (χ4n) is 1.49. The third-order valence-electron chi connectivity index (χ3n) is 2.56. The highest BCUT2D eigenvalue weighted by Gasteiger charge is 2.47. The molecule has 1 atom stereocenters. The molecular weight excluding hydrogens is 166 g/mol. The number of methoxy groups -OCH3 is 1. The molecule has 1 N–H and O–H groups in total. The topological polar surface area (TPSA) is 38.3 Å². The quantitative estimate of drug-likeness (QED) is 0.508. The fourth-order valence-corrected chi connectivity index (χ4v) is 1.49. The van der Waals surface area contributed by atoms with Crippen LogP contribution in [-0.4, -0.2) is 25.2 Å². The molecule has 72 valence electrons. The summed E-state index contributed by atoms with van der Waals surface area (Å²) in [6, 6.07) is 0. The molecule has 13 heavy (non-hydrogen) atoms. The molecule has 3 nitrogen and oxygen atoms in total. The summed E-state index contributed by atoms with van der Waals surface area (Å²) in [5.74, 6) is 2.63. The lowest BCUT2D eigenvalue weighted by molar-refractivity contribution is -0.148. The number of hydrogen-bond acceptors (Lipinski definition) is 3. The molecule has 0 spiro atoms. The Bertz CT molecular complexity index is 240. The van der Waals surface area contributed by atoms with Crippen LogP contribution in [0.2, 0.25) is 0 Å². The minimum atomic E-state index is -0.582. The molecule has 1 rings (SSSR count). The van der Waals surface area contributed by atoms with Gasteiger partial charge in [-0.3, -0.25) is 10.1 Å². The van der Waals surface area contributed by atoms with Gasteiger partial charge in [0, 0.05) is 0 Å². The van der Waals surface area contributed by atoms with Gasteiger partial charge in [-0.15, -0.1) is 6.42 Å². The molecule has 0 aromatic rings. The lowest BCUT2D eigenvalue weighted by Crippen LogP contribution is -2.52. The lowest BCUT2D eigenvalue weighted by atomic mass is 9.96. The van der Waals surface area contributed by atoms with Gasteiger partial charge < -0.3 is 4.74 Å². The summed E-state index contributed by atoms with van der Waals surface area (Å²) in [4.78, 5) is 11.5. The first-order chi connectivity index (χ1) is 6.15. The van der Waals surface area contributed by atoms with Crippen molar-refractivity contribution < 1.29 is 9.53 Å². The van der Waals surface area contributed by atoms with Gasteiger partial charge in [-0.2, -0.15) is 0 Å². The van der Waals surface area contributed by atoms with Crippen molar-refractivity contribution in [2.45, 2.75) is 25.3 Å². The predicted octanol–water partition coefficient (Wildman–Crippen LogP) is 0.551. The molecule has 1 aliphatic rings. The second kappa shape index (κ2) is 3.80. The third kappa shape index (κ3) is 2.02. The molecule has 1 saturated carbocycles. The van der Waals surface area contributed by atoms with E-state index in [1.54, 1.807) is 0 Å². The van der Waals surface area contributed by atoms with Crippen molar-refractivity contribution in [1.82, 2.24) is 5.32 Å². The van der Waals surface area contributed by atoms with E-state index >= 15 is 0 Å². The standard InChI is InChI=1S/C10H15NO2/c1-4-7-11-10(2,8-5-6-8)9(12)13-3/h1,8,11H,5-7H2,2-3H3. The van der Waals surface area contributed by atoms with Gasteiger partial charge in [0.2, 0.25) is 0 Å². The van der Waals surface area contributed by atoms with E-state index in [1.165, 1.54) is 7.11 Å².